The number of rotatable bonds is 3. The van der Waals surface area contributed by atoms with Crippen molar-refractivity contribution in [1.29, 1.82) is 4.78 Å². The quantitative estimate of drug-likeness (QED) is 0.905. The lowest BCUT2D eigenvalue weighted by Gasteiger charge is -2.12. The molecule has 9 heteroatoms. The summed E-state index contributed by atoms with van der Waals surface area (Å²) in [4.78, 5) is 7.57. The van der Waals surface area contributed by atoms with Crippen molar-refractivity contribution in [2.75, 3.05) is 12.0 Å². The highest BCUT2D eigenvalue weighted by Gasteiger charge is 2.31. The van der Waals surface area contributed by atoms with Crippen LogP contribution < -0.4 is 5.73 Å². The number of aromatic nitrogens is 2. The van der Waals surface area contributed by atoms with E-state index >= 15 is 0 Å². The number of hydrogen-bond donors (Lipinski definition) is 2. The molecule has 2 aromatic rings. The Morgan fingerprint density at radius 2 is 2.00 bits per heavy atom. The third-order valence-electron chi connectivity index (χ3n) is 2.73. The molecule has 0 aliphatic rings. The number of nitrogen functional groups attached to an aromatic ring is 1. The molecule has 0 aliphatic heterocycles. The van der Waals surface area contributed by atoms with Crippen LogP contribution in [0.4, 0.5) is 19.1 Å². The van der Waals surface area contributed by atoms with Gasteiger partial charge in [0.2, 0.25) is 5.95 Å². The summed E-state index contributed by atoms with van der Waals surface area (Å²) in [5, 5.41) is 0. The number of benzene rings is 1. The van der Waals surface area contributed by atoms with Crippen LogP contribution in [-0.2, 0) is 21.7 Å². The van der Waals surface area contributed by atoms with Gasteiger partial charge in [0.15, 0.2) is 0 Å². The lowest BCUT2D eigenvalue weighted by Crippen LogP contribution is -2.08. The fraction of sp³-hybridized carbons (Fsp3) is 0.231. The van der Waals surface area contributed by atoms with Crippen molar-refractivity contribution < 1.29 is 17.4 Å². The number of nitrogens with zero attached hydrogens (tertiary/aromatic N) is 2. The Labute approximate surface area is 125 Å². The molecule has 0 aliphatic carbocycles. The van der Waals surface area contributed by atoms with E-state index in [4.69, 9.17) is 10.5 Å². The van der Waals surface area contributed by atoms with Crippen LogP contribution in [-0.4, -0.2) is 20.4 Å². The van der Waals surface area contributed by atoms with Crippen molar-refractivity contribution in [3.63, 3.8) is 0 Å². The molecule has 1 aromatic heterocycles. The maximum absolute atomic E-state index is 13.0. The third kappa shape index (κ3) is 4.17. The monoisotopic (exact) mass is 330 g/mol. The second kappa shape index (κ2) is 5.56. The van der Waals surface area contributed by atoms with E-state index in [1.165, 1.54) is 24.6 Å². The fourth-order valence-electron chi connectivity index (χ4n) is 1.94. The number of hydrogen-bond acceptors (Lipinski definition) is 5. The van der Waals surface area contributed by atoms with E-state index in [9.17, 15) is 17.4 Å². The van der Waals surface area contributed by atoms with E-state index < -0.39 is 21.5 Å². The molecular formula is C13H13F3N4OS. The van der Waals surface area contributed by atoms with Crippen LogP contribution in [0.2, 0.25) is 0 Å². The van der Waals surface area contributed by atoms with Crippen molar-refractivity contribution in [2.45, 2.75) is 11.9 Å². The Bertz CT molecular complexity index is 803. The van der Waals surface area contributed by atoms with Crippen LogP contribution in [0.3, 0.4) is 0 Å². The average molecular weight is 330 g/mol. The highest BCUT2D eigenvalue weighted by Crippen LogP contribution is 2.33. The number of nitrogens with two attached hydrogens (primary N) is 1. The lowest BCUT2D eigenvalue weighted by atomic mass is 10.0. The maximum Gasteiger partial charge on any atom is 0.416 e. The second-order valence-corrected chi connectivity index (χ2v) is 7.16. The average Bonchev–Trinajstić information content (AvgIpc) is 2.35. The van der Waals surface area contributed by atoms with E-state index in [-0.39, 0.29) is 28.5 Å². The van der Waals surface area contributed by atoms with Gasteiger partial charge in [-0.1, -0.05) is 0 Å². The molecule has 22 heavy (non-hydrogen) atoms. The molecule has 0 bridgehead atoms. The van der Waals surface area contributed by atoms with Crippen molar-refractivity contribution in [2.24, 2.45) is 0 Å². The van der Waals surface area contributed by atoms with Crippen LogP contribution in [0.1, 0.15) is 11.1 Å². The molecule has 0 saturated heterocycles. The Hall–Kier alpha value is -2.16. The minimum absolute atomic E-state index is 0.0590. The van der Waals surface area contributed by atoms with E-state index in [0.717, 1.165) is 12.1 Å². The normalized spacial score (nSPS) is 14.5. The van der Waals surface area contributed by atoms with Gasteiger partial charge in [0.05, 0.1) is 17.0 Å². The van der Waals surface area contributed by atoms with Gasteiger partial charge in [0, 0.05) is 27.7 Å². The summed E-state index contributed by atoms with van der Waals surface area (Å²) in [5.74, 6) is -0.332. The molecule has 5 nitrogen and oxygen atoms in total. The van der Waals surface area contributed by atoms with Gasteiger partial charge in [-0.05, 0) is 29.8 Å². The predicted octanol–water partition coefficient (Wildman–Crippen LogP) is 2.92. The Morgan fingerprint density at radius 3 is 2.55 bits per heavy atom. The second-order valence-electron chi connectivity index (χ2n) is 4.87. The number of anilines is 1. The first kappa shape index (κ1) is 16.2. The summed E-state index contributed by atoms with van der Waals surface area (Å²) in [7, 11) is -2.97. The summed E-state index contributed by atoms with van der Waals surface area (Å²) in [6.45, 7) is 0. The van der Waals surface area contributed by atoms with Gasteiger partial charge in [-0.15, -0.1) is 0 Å². The molecule has 1 unspecified atom stereocenters. The van der Waals surface area contributed by atoms with Gasteiger partial charge < -0.3 is 5.73 Å². The Kier molecular flexibility index (Phi) is 4.10. The number of nitrogens with one attached hydrogen (secondary N) is 1. The van der Waals surface area contributed by atoms with Crippen molar-refractivity contribution in [1.82, 2.24) is 9.97 Å². The van der Waals surface area contributed by atoms with Gasteiger partial charge in [-0.2, -0.15) is 13.2 Å². The maximum atomic E-state index is 13.0. The molecule has 1 aromatic carbocycles. The van der Waals surface area contributed by atoms with E-state index in [0.29, 0.717) is 0 Å². The van der Waals surface area contributed by atoms with Crippen LogP contribution in [0.15, 0.2) is 30.5 Å². The summed E-state index contributed by atoms with van der Waals surface area (Å²) in [6.07, 6.45) is -2.04. The van der Waals surface area contributed by atoms with E-state index in [2.05, 4.69) is 9.97 Å². The Morgan fingerprint density at radius 1 is 1.32 bits per heavy atom. The first-order valence-corrected chi connectivity index (χ1v) is 8.20. The number of alkyl halides is 3. The highest BCUT2D eigenvalue weighted by atomic mass is 32.2. The molecule has 0 amide bonds. The zero-order valence-electron chi connectivity index (χ0n) is 11.5. The molecule has 1 heterocycles. The molecule has 0 spiro atoms. The summed E-state index contributed by atoms with van der Waals surface area (Å²) in [5.41, 5.74) is 5.12. The van der Waals surface area contributed by atoms with Gasteiger partial charge >= 0.3 is 6.18 Å². The molecule has 2 rings (SSSR count). The lowest BCUT2D eigenvalue weighted by molar-refractivity contribution is -0.137. The fourth-order valence-corrected chi connectivity index (χ4v) is 2.74. The minimum atomic E-state index is -4.56. The molecule has 0 radical (unpaired) electrons. The molecule has 118 valence electrons. The Balaban J connectivity index is 2.61. The van der Waals surface area contributed by atoms with Crippen LogP contribution in [0.5, 0.6) is 0 Å². The van der Waals surface area contributed by atoms with Crippen molar-refractivity contribution >= 4 is 15.7 Å². The van der Waals surface area contributed by atoms with Crippen molar-refractivity contribution in [3.05, 3.63) is 41.6 Å². The SMILES string of the molecule is CS(=N)(=O)Cc1cc(-c2ccnc(N)n2)cc(C(F)(F)F)c1. The largest absolute Gasteiger partial charge is 0.416 e. The van der Waals surface area contributed by atoms with E-state index in [1.807, 2.05) is 0 Å². The third-order valence-corrected chi connectivity index (χ3v) is 3.62. The molecular weight excluding hydrogens is 317 g/mol. The first-order valence-electron chi connectivity index (χ1n) is 6.06. The predicted molar refractivity (Wildman–Crippen MR) is 77.4 cm³/mol. The first-order chi connectivity index (χ1) is 10.0. The smallest absolute Gasteiger partial charge is 0.368 e. The van der Waals surface area contributed by atoms with Crippen LogP contribution >= 0.6 is 0 Å². The summed E-state index contributed by atoms with van der Waals surface area (Å²) < 4.78 is 58.0. The van der Waals surface area contributed by atoms with Crippen molar-refractivity contribution in [3.8, 4) is 11.3 Å². The standard InChI is InChI=1S/C13H13F3N4OS/c1-22(18,21)7-8-4-9(6-10(5-8)13(14,15)16)11-2-3-19-12(17)20-11/h2-6,18H,7H2,1H3,(H2,17,19,20). The number of halogens is 3. The molecule has 0 saturated carbocycles. The topological polar surface area (TPSA) is 92.7 Å². The molecule has 3 N–H and O–H groups in total. The van der Waals surface area contributed by atoms with E-state index in [1.54, 1.807) is 0 Å². The minimum Gasteiger partial charge on any atom is -0.368 e. The van der Waals surface area contributed by atoms with Gasteiger partial charge in [0.25, 0.3) is 0 Å². The van der Waals surface area contributed by atoms with Crippen LogP contribution in [0, 0.1) is 4.78 Å². The van der Waals surface area contributed by atoms with Gasteiger partial charge in [0.1, 0.15) is 0 Å². The summed E-state index contributed by atoms with van der Waals surface area (Å²) in [6, 6.07) is 4.69. The van der Waals surface area contributed by atoms with Crippen LogP contribution in [0.25, 0.3) is 11.3 Å². The summed E-state index contributed by atoms with van der Waals surface area (Å²) >= 11 is 0. The molecule has 1 atom stereocenters. The molecule has 0 fully saturated rings. The van der Waals surface area contributed by atoms with Gasteiger partial charge in [-0.25, -0.2) is 14.2 Å². The zero-order valence-corrected chi connectivity index (χ0v) is 12.3. The highest BCUT2D eigenvalue weighted by molar-refractivity contribution is 7.90. The van der Waals surface area contributed by atoms with Gasteiger partial charge in [-0.3, -0.25) is 4.78 Å². The zero-order chi connectivity index (χ0) is 16.5.